The van der Waals surface area contributed by atoms with Crippen LogP contribution in [0.5, 0.6) is 0 Å². The van der Waals surface area contributed by atoms with Crippen molar-refractivity contribution in [3.05, 3.63) is 0 Å². The standard InChI is InChI=1S/C12H26N2O3S/c1-3-11(4-2)9-13-18(16,17)14-8-6-5-7-12(14)10-15/h11-13,15H,3-10H2,1-2H3. The summed E-state index contributed by atoms with van der Waals surface area (Å²) in [5.74, 6) is 0.386. The van der Waals surface area contributed by atoms with Gasteiger partial charge in [-0.2, -0.15) is 12.7 Å². The lowest BCUT2D eigenvalue weighted by atomic mass is 10.0. The Morgan fingerprint density at radius 1 is 1.33 bits per heavy atom. The Bertz CT molecular complexity index is 328. The molecule has 2 N–H and O–H groups in total. The van der Waals surface area contributed by atoms with Crippen molar-refractivity contribution in [1.82, 2.24) is 9.03 Å². The predicted molar refractivity (Wildman–Crippen MR) is 72.4 cm³/mol. The number of nitrogens with one attached hydrogen (secondary N) is 1. The fourth-order valence-electron chi connectivity index (χ4n) is 2.36. The summed E-state index contributed by atoms with van der Waals surface area (Å²) in [6, 6.07) is -0.252. The van der Waals surface area contributed by atoms with Crippen molar-refractivity contribution in [2.45, 2.75) is 52.0 Å². The highest BCUT2D eigenvalue weighted by Crippen LogP contribution is 2.19. The van der Waals surface area contributed by atoms with Crippen LogP contribution in [0.1, 0.15) is 46.0 Å². The second-order valence-corrected chi connectivity index (χ2v) is 6.69. The van der Waals surface area contributed by atoms with Crippen molar-refractivity contribution in [3.63, 3.8) is 0 Å². The molecule has 0 amide bonds. The topological polar surface area (TPSA) is 69.6 Å². The summed E-state index contributed by atoms with van der Waals surface area (Å²) in [6.07, 6.45) is 4.57. The van der Waals surface area contributed by atoms with Crippen LogP contribution in [0.15, 0.2) is 0 Å². The van der Waals surface area contributed by atoms with Gasteiger partial charge in [-0.15, -0.1) is 0 Å². The van der Waals surface area contributed by atoms with E-state index in [-0.39, 0.29) is 12.6 Å². The number of aliphatic hydroxyl groups excluding tert-OH is 1. The molecule has 1 saturated heterocycles. The maximum atomic E-state index is 12.2. The smallest absolute Gasteiger partial charge is 0.279 e. The van der Waals surface area contributed by atoms with Gasteiger partial charge in [0, 0.05) is 19.1 Å². The van der Waals surface area contributed by atoms with Gasteiger partial charge in [0.2, 0.25) is 0 Å². The molecule has 1 aliphatic heterocycles. The van der Waals surface area contributed by atoms with E-state index in [1.807, 2.05) is 0 Å². The first-order chi connectivity index (χ1) is 8.55. The first-order valence-electron chi connectivity index (χ1n) is 6.92. The number of hydrogen-bond acceptors (Lipinski definition) is 3. The molecule has 18 heavy (non-hydrogen) atoms. The normalized spacial score (nSPS) is 22.6. The molecule has 1 atom stereocenters. The van der Waals surface area contributed by atoms with Crippen LogP contribution in [0.25, 0.3) is 0 Å². The zero-order valence-corrected chi connectivity index (χ0v) is 12.2. The van der Waals surface area contributed by atoms with Gasteiger partial charge in [0.1, 0.15) is 0 Å². The molecule has 6 heteroatoms. The van der Waals surface area contributed by atoms with Gasteiger partial charge in [0.05, 0.1) is 6.61 Å². The van der Waals surface area contributed by atoms with E-state index < -0.39 is 10.2 Å². The third-order valence-corrected chi connectivity index (χ3v) is 5.43. The Labute approximate surface area is 111 Å². The summed E-state index contributed by atoms with van der Waals surface area (Å²) in [4.78, 5) is 0. The average molecular weight is 278 g/mol. The fraction of sp³-hybridized carbons (Fsp3) is 1.00. The van der Waals surface area contributed by atoms with Gasteiger partial charge < -0.3 is 5.11 Å². The monoisotopic (exact) mass is 278 g/mol. The van der Waals surface area contributed by atoms with Crippen LogP contribution in [0.4, 0.5) is 0 Å². The molecule has 1 aliphatic rings. The van der Waals surface area contributed by atoms with Crippen LogP contribution in [-0.2, 0) is 10.2 Å². The SMILES string of the molecule is CCC(CC)CNS(=O)(=O)N1CCCCC1CO. The van der Waals surface area contributed by atoms with Gasteiger partial charge in [-0.05, 0) is 18.8 Å². The van der Waals surface area contributed by atoms with Crippen molar-refractivity contribution in [2.24, 2.45) is 5.92 Å². The summed E-state index contributed by atoms with van der Waals surface area (Å²) in [6.45, 7) is 5.05. The Morgan fingerprint density at radius 3 is 2.56 bits per heavy atom. The molecule has 0 aliphatic carbocycles. The lowest BCUT2D eigenvalue weighted by molar-refractivity contribution is 0.153. The summed E-state index contributed by atoms with van der Waals surface area (Å²) in [7, 11) is -3.44. The van der Waals surface area contributed by atoms with Crippen molar-refractivity contribution >= 4 is 10.2 Å². The Morgan fingerprint density at radius 2 is 2.00 bits per heavy atom. The van der Waals surface area contributed by atoms with Crippen LogP contribution in [0.3, 0.4) is 0 Å². The average Bonchev–Trinajstić information content (AvgIpc) is 2.39. The molecular weight excluding hydrogens is 252 g/mol. The van der Waals surface area contributed by atoms with Crippen LogP contribution >= 0.6 is 0 Å². The Hall–Kier alpha value is -0.170. The van der Waals surface area contributed by atoms with Gasteiger partial charge in [-0.3, -0.25) is 0 Å². The maximum absolute atomic E-state index is 12.2. The molecule has 0 aromatic rings. The largest absolute Gasteiger partial charge is 0.395 e. The first-order valence-corrected chi connectivity index (χ1v) is 8.36. The minimum Gasteiger partial charge on any atom is -0.395 e. The van der Waals surface area contributed by atoms with E-state index in [0.717, 1.165) is 32.1 Å². The molecule has 1 unspecified atom stereocenters. The van der Waals surface area contributed by atoms with E-state index in [0.29, 0.717) is 19.0 Å². The van der Waals surface area contributed by atoms with Crippen molar-refractivity contribution in [3.8, 4) is 0 Å². The molecule has 0 saturated carbocycles. The van der Waals surface area contributed by atoms with Crippen LogP contribution < -0.4 is 4.72 Å². The van der Waals surface area contributed by atoms with Gasteiger partial charge in [0.15, 0.2) is 0 Å². The highest BCUT2D eigenvalue weighted by Gasteiger charge is 2.31. The van der Waals surface area contributed by atoms with Gasteiger partial charge in [0.25, 0.3) is 10.2 Å². The molecule has 108 valence electrons. The quantitative estimate of drug-likeness (QED) is 0.733. The van der Waals surface area contributed by atoms with E-state index in [9.17, 15) is 13.5 Å². The molecule has 1 heterocycles. The summed E-state index contributed by atoms with van der Waals surface area (Å²) in [5, 5.41) is 9.26. The van der Waals surface area contributed by atoms with Gasteiger partial charge >= 0.3 is 0 Å². The van der Waals surface area contributed by atoms with Gasteiger partial charge in [-0.25, -0.2) is 4.72 Å². The third-order valence-electron chi connectivity index (χ3n) is 3.80. The van der Waals surface area contributed by atoms with E-state index in [2.05, 4.69) is 18.6 Å². The van der Waals surface area contributed by atoms with E-state index in [4.69, 9.17) is 0 Å². The maximum Gasteiger partial charge on any atom is 0.279 e. The summed E-state index contributed by atoms with van der Waals surface area (Å²) in [5.41, 5.74) is 0. The fourth-order valence-corrected chi connectivity index (χ4v) is 3.90. The highest BCUT2D eigenvalue weighted by atomic mass is 32.2. The number of hydrogen-bond donors (Lipinski definition) is 2. The van der Waals surface area contributed by atoms with E-state index in [1.54, 1.807) is 0 Å². The number of piperidine rings is 1. The molecule has 0 aromatic carbocycles. The minimum absolute atomic E-state index is 0.0914. The summed E-state index contributed by atoms with van der Waals surface area (Å²) >= 11 is 0. The molecule has 0 spiro atoms. The third kappa shape index (κ3) is 4.19. The predicted octanol–water partition coefficient (Wildman–Crippen LogP) is 1.10. The first kappa shape index (κ1) is 15.9. The number of aliphatic hydroxyl groups is 1. The van der Waals surface area contributed by atoms with Crippen molar-refractivity contribution in [2.75, 3.05) is 19.7 Å². The van der Waals surface area contributed by atoms with Gasteiger partial charge in [-0.1, -0.05) is 33.1 Å². The lowest BCUT2D eigenvalue weighted by Crippen LogP contribution is -2.51. The molecule has 0 aromatic heterocycles. The zero-order chi connectivity index (χ0) is 13.6. The second-order valence-electron chi connectivity index (χ2n) is 4.98. The number of rotatable bonds is 7. The molecule has 1 fully saturated rings. The van der Waals surface area contributed by atoms with Crippen molar-refractivity contribution in [1.29, 1.82) is 0 Å². The summed E-state index contributed by atoms with van der Waals surface area (Å²) < 4.78 is 28.5. The van der Waals surface area contributed by atoms with Crippen LogP contribution in [-0.4, -0.2) is 43.6 Å². The molecule has 1 rings (SSSR count). The van der Waals surface area contributed by atoms with Crippen LogP contribution in [0, 0.1) is 5.92 Å². The molecule has 0 bridgehead atoms. The molecule has 5 nitrogen and oxygen atoms in total. The molecule has 0 radical (unpaired) electrons. The second kappa shape index (κ2) is 7.43. The molecular formula is C12H26N2O3S. The minimum atomic E-state index is -3.44. The Balaban J connectivity index is 2.61. The van der Waals surface area contributed by atoms with E-state index >= 15 is 0 Å². The van der Waals surface area contributed by atoms with Crippen LogP contribution in [0.2, 0.25) is 0 Å². The highest BCUT2D eigenvalue weighted by molar-refractivity contribution is 7.87. The number of nitrogens with zero attached hydrogens (tertiary/aromatic N) is 1. The van der Waals surface area contributed by atoms with E-state index in [1.165, 1.54) is 4.31 Å². The lowest BCUT2D eigenvalue weighted by Gasteiger charge is -2.33. The van der Waals surface area contributed by atoms with Crippen molar-refractivity contribution < 1.29 is 13.5 Å². The Kier molecular flexibility index (Phi) is 6.55. The zero-order valence-electron chi connectivity index (χ0n) is 11.4.